The molecule has 0 aromatic heterocycles. The van der Waals surface area contributed by atoms with Gasteiger partial charge in [0.2, 0.25) is 0 Å². The molecule has 1 saturated carbocycles. The maximum atomic E-state index is 6.25. The minimum absolute atomic E-state index is 0.301. The van der Waals surface area contributed by atoms with Crippen LogP contribution in [0.2, 0.25) is 5.02 Å². The first-order valence-electron chi connectivity index (χ1n) is 7.73. The van der Waals surface area contributed by atoms with Gasteiger partial charge in [0.25, 0.3) is 0 Å². The van der Waals surface area contributed by atoms with E-state index < -0.39 is 5.79 Å². The van der Waals surface area contributed by atoms with Gasteiger partial charge >= 0.3 is 0 Å². The number of methoxy groups -OCH3 is 3. The monoisotopic (exact) mass is 327 g/mol. The lowest BCUT2D eigenvalue weighted by molar-refractivity contribution is -0.228. The lowest BCUT2D eigenvalue weighted by Gasteiger charge is -2.40. The van der Waals surface area contributed by atoms with Crippen molar-refractivity contribution in [2.45, 2.75) is 37.4 Å². The fourth-order valence-corrected chi connectivity index (χ4v) is 3.75. The molecule has 4 nitrogen and oxygen atoms in total. The van der Waals surface area contributed by atoms with E-state index in [1.165, 1.54) is 5.56 Å². The van der Waals surface area contributed by atoms with Gasteiger partial charge in [-0.1, -0.05) is 17.7 Å². The maximum Gasteiger partial charge on any atom is 0.167 e. The number of halogens is 1. The second-order valence-electron chi connectivity index (χ2n) is 5.89. The number of benzene rings is 1. The summed E-state index contributed by atoms with van der Waals surface area (Å²) in [6, 6.07) is 5.96. The molecule has 1 aliphatic carbocycles. The Labute approximate surface area is 137 Å². The summed E-state index contributed by atoms with van der Waals surface area (Å²) in [7, 11) is 5.05. The van der Waals surface area contributed by atoms with E-state index in [4.69, 9.17) is 31.5 Å². The Kier molecular flexibility index (Phi) is 6.09. The van der Waals surface area contributed by atoms with Crippen molar-refractivity contribution < 1.29 is 14.2 Å². The summed E-state index contributed by atoms with van der Waals surface area (Å²) in [6.07, 6.45) is 3.86. The van der Waals surface area contributed by atoms with Crippen molar-refractivity contribution in [2.24, 2.45) is 11.7 Å². The SMILES string of the molecule is COc1ccc(C(CN)C2CCC(OC)(OC)CC2)cc1Cl. The molecule has 1 fully saturated rings. The van der Waals surface area contributed by atoms with Crippen molar-refractivity contribution in [3.63, 3.8) is 0 Å². The second-order valence-corrected chi connectivity index (χ2v) is 6.30. The van der Waals surface area contributed by atoms with Crippen LogP contribution in [0.4, 0.5) is 0 Å². The average Bonchev–Trinajstić information content (AvgIpc) is 2.56. The molecule has 1 unspecified atom stereocenters. The van der Waals surface area contributed by atoms with Crippen molar-refractivity contribution in [3.8, 4) is 5.75 Å². The van der Waals surface area contributed by atoms with Crippen molar-refractivity contribution in [1.82, 2.24) is 0 Å². The summed E-state index contributed by atoms with van der Waals surface area (Å²) in [5.41, 5.74) is 7.23. The molecule has 0 heterocycles. The van der Waals surface area contributed by atoms with Crippen LogP contribution in [0.25, 0.3) is 0 Å². The molecular formula is C17H26ClNO3. The minimum Gasteiger partial charge on any atom is -0.495 e. The molecule has 1 aromatic rings. The Balaban J connectivity index is 2.11. The van der Waals surface area contributed by atoms with Crippen LogP contribution in [0.5, 0.6) is 5.75 Å². The number of ether oxygens (including phenoxy) is 3. The Morgan fingerprint density at radius 3 is 2.32 bits per heavy atom. The van der Waals surface area contributed by atoms with E-state index in [9.17, 15) is 0 Å². The van der Waals surface area contributed by atoms with Gasteiger partial charge in [0.1, 0.15) is 5.75 Å². The summed E-state index contributed by atoms with van der Waals surface area (Å²) in [4.78, 5) is 0. The van der Waals surface area contributed by atoms with Crippen LogP contribution >= 0.6 is 11.6 Å². The Morgan fingerprint density at radius 1 is 1.23 bits per heavy atom. The summed E-state index contributed by atoms with van der Waals surface area (Å²) in [5.74, 6) is 1.10. The smallest absolute Gasteiger partial charge is 0.167 e. The van der Waals surface area contributed by atoms with Crippen LogP contribution in [-0.2, 0) is 9.47 Å². The molecule has 1 aliphatic rings. The first-order chi connectivity index (χ1) is 10.6. The molecule has 0 saturated heterocycles. The van der Waals surface area contributed by atoms with Gasteiger partial charge in [-0.2, -0.15) is 0 Å². The van der Waals surface area contributed by atoms with Gasteiger partial charge in [-0.25, -0.2) is 0 Å². The van der Waals surface area contributed by atoms with Gasteiger partial charge in [-0.3, -0.25) is 0 Å². The highest BCUT2D eigenvalue weighted by atomic mass is 35.5. The summed E-state index contributed by atoms with van der Waals surface area (Å²) in [6.45, 7) is 0.611. The zero-order chi connectivity index (χ0) is 16.2. The van der Waals surface area contributed by atoms with Crippen LogP contribution in [0, 0.1) is 5.92 Å². The normalized spacial score (nSPS) is 19.9. The largest absolute Gasteiger partial charge is 0.495 e. The summed E-state index contributed by atoms with van der Waals surface area (Å²) < 4.78 is 16.3. The average molecular weight is 328 g/mol. The molecule has 0 radical (unpaired) electrons. The first-order valence-corrected chi connectivity index (χ1v) is 8.10. The third-order valence-electron chi connectivity index (χ3n) is 4.96. The fraction of sp³-hybridized carbons (Fsp3) is 0.647. The quantitative estimate of drug-likeness (QED) is 0.811. The van der Waals surface area contributed by atoms with Crippen molar-refractivity contribution in [3.05, 3.63) is 28.8 Å². The van der Waals surface area contributed by atoms with Crippen LogP contribution in [0.1, 0.15) is 37.2 Å². The van der Waals surface area contributed by atoms with Crippen LogP contribution in [0.15, 0.2) is 18.2 Å². The molecule has 124 valence electrons. The number of rotatable bonds is 6. The predicted octanol–water partition coefficient (Wildman–Crippen LogP) is 3.57. The lowest BCUT2D eigenvalue weighted by Crippen LogP contribution is -2.39. The molecule has 0 spiro atoms. The van der Waals surface area contributed by atoms with E-state index in [0.717, 1.165) is 25.7 Å². The first kappa shape index (κ1) is 17.5. The second kappa shape index (κ2) is 7.64. The zero-order valence-electron chi connectivity index (χ0n) is 13.6. The van der Waals surface area contributed by atoms with Crippen molar-refractivity contribution in [2.75, 3.05) is 27.9 Å². The van der Waals surface area contributed by atoms with Gasteiger partial charge in [0, 0.05) is 27.1 Å². The van der Waals surface area contributed by atoms with Crippen LogP contribution in [0.3, 0.4) is 0 Å². The van der Waals surface area contributed by atoms with E-state index >= 15 is 0 Å². The molecule has 1 atom stereocenters. The van der Waals surface area contributed by atoms with Gasteiger partial charge in [-0.05, 0) is 48.9 Å². The highest BCUT2D eigenvalue weighted by Crippen LogP contribution is 2.42. The lowest BCUT2D eigenvalue weighted by atomic mass is 9.75. The third kappa shape index (κ3) is 3.57. The van der Waals surface area contributed by atoms with E-state index in [0.29, 0.717) is 29.2 Å². The highest BCUT2D eigenvalue weighted by molar-refractivity contribution is 6.32. The maximum absolute atomic E-state index is 6.25. The van der Waals surface area contributed by atoms with E-state index in [2.05, 4.69) is 6.07 Å². The zero-order valence-corrected chi connectivity index (χ0v) is 14.4. The topological polar surface area (TPSA) is 53.7 Å². The van der Waals surface area contributed by atoms with Crippen molar-refractivity contribution >= 4 is 11.6 Å². The van der Waals surface area contributed by atoms with Crippen LogP contribution < -0.4 is 10.5 Å². The molecule has 0 bridgehead atoms. The summed E-state index contributed by atoms with van der Waals surface area (Å²) in [5, 5.41) is 0.636. The van der Waals surface area contributed by atoms with Gasteiger partial charge in [0.15, 0.2) is 5.79 Å². The standard InChI is InChI=1S/C17H26ClNO3/c1-20-16-5-4-13(10-15(16)18)14(11-19)12-6-8-17(21-2,22-3)9-7-12/h4-5,10,12,14H,6-9,11,19H2,1-3H3. The number of hydrogen-bond acceptors (Lipinski definition) is 4. The molecule has 22 heavy (non-hydrogen) atoms. The predicted molar refractivity (Wildman–Crippen MR) is 88.5 cm³/mol. The fourth-order valence-electron chi connectivity index (χ4n) is 3.49. The molecule has 2 N–H and O–H groups in total. The molecule has 2 rings (SSSR count). The molecule has 5 heteroatoms. The molecule has 1 aromatic carbocycles. The van der Waals surface area contributed by atoms with Crippen LogP contribution in [-0.4, -0.2) is 33.7 Å². The van der Waals surface area contributed by atoms with Crippen molar-refractivity contribution in [1.29, 1.82) is 0 Å². The Hall–Kier alpha value is -0.810. The van der Waals surface area contributed by atoms with E-state index in [1.807, 2.05) is 12.1 Å². The summed E-state index contributed by atoms with van der Waals surface area (Å²) >= 11 is 6.25. The van der Waals surface area contributed by atoms with Gasteiger partial charge in [-0.15, -0.1) is 0 Å². The minimum atomic E-state index is -0.423. The van der Waals surface area contributed by atoms with Gasteiger partial charge in [0.05, 0.1) is 12.1 Å². The Bertz CT molecular complexity index is 481. The molecule has 0 amide bonds. The van der Waals surface area contributed by atoms with E-state index in [-0.39, 0.29) is 0 Å². The third-order valence-corrected chi connectivity index (χ3v) is 5.26. The Morgan fingerprint density at radius 2 is 1.86 bits per heavy atom. The van der Waals surface area contributed by atoms with E-state index in [1.54, 1.807) is 21.3 Å². The highest BCUT2D eigenvalue weighted by Gasteiger charge is 2.37. The van der Waals surface area contributed by atoms with Gasteiger partial charge < -0.3 is 19.9 Å². The number of nitrogens with two attached hydrogens (primary N) is 1. The number of hydrogen-bond donors (Lipinski definition) is 1. The molecular weight excluding hydrogens is 302 g/mol. The molecule has 0 aliphatic heterocycles.